The first-order valence-corrected chi connectivity index (χ1v) is 2.33. The molecule has 0 heterocycles. The largest absolute Gasteiger partial charge is 0.389 e. The number of nitrogens with zero attached hydrogens (tertiary/aromatic N) is 1. The van der Waals surface area contributed by atoms with Crippen molar-refractivity contribution < 1.29 is 0 Å². The van der Waals surface area contributed by atoms with E-state index in [1.165, 1.54) is 0 Å². The molecule has 8 heavy (non-hydrogen) atoms. The van der Waals surface area contributed by atoms with Crippen molar-refractivity contribution >= 4 is 6.72 Å². The molecule has 0 aromatic carbocycles. The second-order valence-electron chi connectivity index (χ2n) is 1.42. The SMILES string of the molecule is C=N/C(N)=C(\C)NC. The van der Waals surface area contributed by atoms with E-state index < -0.39 is 0 Å². The molecule has 0 radical (unpaired) electrons. The molecule has 46 valence electrons. The molecule has 0 bridgehead atoms. The van der Waals surface area contributed by atoms with E-state index in [9.17, 15) is 0 Å². The second-order valence-corrected chi connectivity index (χ2v) is 1.42. The Hall–Kier alpha value is -0.990. The molecule has 0 aromatic heterocycles. The van der Waals surface area contributed by atoms with Crippen LogP contribution in [-0.2, 0) is 0 Å². The maximum atomic E-state index is 5.31. The summed E-state index contributed by atoms with van der Waals surface area (Å²) in [6.45, 7) is 5.09. The van der Waals surface area contributed by atoms with E-state index in [4.69, 9.17) is 5.73 Å². The highest BCUT2D eigenvalue weighted by atomic mass is 14.9. The molecule has 3 nitrogen and oxygen atoms in total. The topological polar surface area (TPSA) is 50.4 Å². The first-order chi connectivity index (χ1) is 3.72. The first-order valence-electron chi connectivity index (χ1n) is 2.33. The Kier molecular flexibility index (Phi) is 2.69. The molecule has 0 amide bonds. The fourth-order valence-electron chi connectivity index (χ4n) is 0.247. The molecule has 0 unspecified atom stereocenters. The van der Waals surface area contributed by atoms with E-state index in [0.717, 1.165) is 5.70 Å². The van der Waals surface area contributed by atoms with Gasteiger partial charge < -0.3 is 11.1 Å². The normalized spacial score (nSPS) is 12.2. The Morgan fingerprint density at radius 3 is 2.38 bits per heavy atom. The minimum absolute atomic E-state index is 0.451. The fraction of sp³-hybridized carbons (Fsp3) is 0.400. The highest BCUT2D eigenvalue weighted by Gasteiger charge is 1.86. The minimum Gasteiger partial charge on any atom is -0.389 e. The standard InChI is InChI=1S/C5H11N3/c1-4(7-2)5(6)8-3/h7H,3,6H2,1-2H3/b5-4+. The Morgan fingerprint density at radius 1 is 1.75 bits per heavy atom. The van der Waals surface area contributed by atoms with Crippen molar-refractivity contribution in [3.63, 3.8) is 0 Å². The van der Waals surface area contributed by atoms with Crippen molar-refractivity contribution in [2.24, 2.45) is 10.7 Å². The Labute approximate surface area is 49.3 Å². The van der Waals surface area contributed by atoms with Gasteiger partial charge in [-0.3, -0.25) is 0 Å². The van der Waals surface area contributed by atoms with Crippen LogP contribution in [0.3, 0.4) is 0 Å². The zero-order valence-corrected chi connectivity index (χ0v) is 5.23. The zero-order chi connectivity index (χ0) is 6.57. The third kappa shape index (κ3) is 1.64. The molecule has 0 aromatic rings. The smallest absolute Gasteiger partial charge is 0.141 e. The second kappa shape index (κ2) is 3.07. The molecule has 0 aliphatic heterocycles. The van der Waals surface area contributed by atoms with Crippen molar-refractivity contribution in [2.45, 2.75) is 6.92 Å². The monoisotopic (exact) mass is 113 g/mol. The highest BCUT2D eigenvalue weighted by molar-refractivity contribution is 5.29. The third-order valence-electron chi connectivity index (χ3n) is 0.930. The van der Waals surface area contributed by atoms with Crippen LogP contribution in [-0.4, -0.2) is 13.8 Å². The molecular weight excluding hydrogens is 102 g/mol. The van der Waals surface area contributed by atoms with E-state index >= 15 is 0 Å². The van der Waals surface area contributed by atoms with Crippen LogP contribution in [0.25, 0.3) is 0 Å². The fourth-order valence-corrected chi connectivity index (χ4v) is 0.247. The summed E-state index contributed by atoms with van der Waals surface area (Å²) in [5, 5.41) is 2.84. The molecule has 0 atom stereocenters. The summed E-state index contributed by atoms with van der Waals surface area (Å²) in [4.78, 5) is 3.50. The number of nitrogens with one attached hydrogen (secondary N) is 1. The predicted octanol–water partition coefficient (Wildman–Crippen LogP) is 0.0541. The van der Waals surface area contributed by atoms with E-state index in [-0.39, 0.29) is 0 Å². The summed E-state index contributed by atoms with van der Waals surface area (Å²) in [7, 11) is 1.79. The molecule has 0 aliphatic rings. The molecule has 0 saturated carbocycles. The summed E-state index contributed by atoms with van der Waals surface area (Å²) in [5.74, 6) is 0.451. The van der Waals surface area contributed by atoms with Crippen molar-refractivity contribution in [3.8, 4) is 0 Å². The van der Waals surface area contributed by atoms with Gasteiger partial charge in [-0.2, -0.15) is 0 Å². The van der Waals surface area contributed by atoms with Gasteiger partial charge in [-0.05, 0) is 13.6 Å². The van der Waals surface area contributed by atoms with Crippen LogP contribution in [0.2, 0.25) is 0 Å². The lowest BCUT2D eigenvalue weighted by atomic mass is 10.5. The van der Waals surface area contributed by atoms with E-state index in [2.05, 4.69) is 17.0 Å². The van der Waals surface area contributed by atoms with Gasteiger partial charge in [-0.15, -0.1) is 0 Å². The third-order valence-corrected chi connectivity index (χ3v) is 0.930. The summed E-state index contributed by atoms with van der Waals surface area (Å²) in [6.07, 6.45) is 0. The number of hydrogen-bond donors (Lipinski definition) is 2. The van der Waals surface area contributed by atoms with Crippen molar-refractivity contribution in [1.82, 2.24) is 5.32 Å². The van der Waals surface area contributed by atoms with Crippen LogP contribution in [0.1, 0.15) is 6.92 Å². The molecule has 0 rings (SSSR count). The van der Waals surface area contributed by atoms with Gasteiger partial charge in [0.1, 0.15) is 5.82 Å². The molecular formula is C5H11N3. The average molecular weight is 113 g/mol. The summed E-state index contributed by atoms with van der Waals surface area (Å²) in [6, 6.07) is 0. The lowest BCUT2D eigenvalue weighted by Crippen LogP contribution is -2.09. The Bertz CT molecular complexity index is 115. The number of aliphatic imine (C=N–C) groups is 1. The average Bonchev–Trinajstić information content (AvgIpc) is 1.84. The van der Waals surface area contributed by atoms with E-state index in [1.54, 1.807) is 7.05 Å². The van der Waals surface area contributed by atoms with Gasteiger partial charge in [0.25, 0.3) is 0 Å². The number of allylic oxidation sites excluding steroid dienone is 1. The maximum Gasteiger partial charge on any atom is 0.141 e. The van der Waals surface area contributed by atoms with E-state index in [1.807, 2.05) is 6.92 Å². The molecule has 0 saturated heterocycles. The number of nitrogens with two attached hydrogens (primary N) is 1. The first kappa shape index (κ1) is 7.01. The minimum atomic E-state index is 0.451. The highest BCUT2D eigenvalue weighted by Crippen LogP contribution is 1.90. The van der Waals surface area contributed by atoms with Gasteiger partial charge in [0.05, 0.1) is 5.70 Å². The Balaban J connectivity index is 4.03. The maximum absolute atomic E-state index is 5.31. The quantitative estimate of drug-likeness (QED) is 0.497. The lowest BCUT2D eigenvalue weighted by Gasteiger charge is -1.98. The van der Waals surface area contributed by atoms with Crippen molar-refractivity contribution in [3.05, 3.63) is 11.5 Å². The van der Waals surface area contributed by atoms with Crippen LogP contribution < -0.4 is 11.1 Å². The lowest BCUT2D eigenvalue weighted by molar-refractivity contribution is 0.942. The molecule has 3 heteroatoms. The summed E-state index contributed by atoms with van der Waals surface area (Å²) in [5.41, 5.74) is 6.16. The van der Waals surface area contributed by atoms with Crippen LogP contribution in [0.5, 0.6) is 0 Å². The molecule has 0 spiro atoms. The van der Waals surface area contributed by atoms with Gasteiger partial charge in [-0.1, -0.05) is 0 Å². The summed E-state index contributed by atoms with van der Waals surface area (Å²) < 4.78 is 0. The number of rotatable bonds is 2. The van der Waals surface area contributed by atoms with Gasteiger partial charge >= 0.3 is 0 Å². The van der Waals surface area contributed by atoms with Crippen molar-refractivity contribution in [2.75, 3.05) is 7.05 Å². The zero-order valence-electron chi connectivity index (χ0n) is 5.23. The molecule has 3 N–H and O–H groups in total. The van der Waals surface area contributed by atoms with Crippen LogP contribution in [0.15, 0.2) is 16.5 Å². The van der Waals surface area contributed by atoms with Gasteiger partial charge in [0.2, 0.25) is 0 Å². The van der Waals surface area contributed by atoms with Crippen molar-refractivity contribution in [1.29, 1.82) is 0 Å². The molecule has 0 fully saturated rings. The van der Waals surface area contributed by atoms with Gasteiger partial charge in [0, 0.05) is 7.05 Å². The van der Waals surface area contributed by atoms with Gasteiger partial charge in [-0.25, -0.2) is 4.99 Å². The van der Waals surface area contributed by atoms with E-state index in [0.29, 0.717) is 5.82 Å². The van der Waals surface area contributed by atoms with Gasteiger partial charge in [0.15, 0.2) is 0 Å². The molecule has 0 aliphatic carbocycles. The Morgan fingerprint density at radius 2 is 2.25 bits per heavy atom. The number of hydrogen-bond acceptors (Lipinski definition) is 3. The predicted molar refractivity (Wildman–Crippen MR) is 35.5 cm³/mol. The summed E-state index contributed by atoms with van der Waals surface area (Å²) >= 11 is 0. The van der Waals surface area contributed by atoms with Crippen LogP contribution in [0, 0.1) is 0 Å². The van der Waals surface area contributed by atoms with Crippen LogP contribution in [0.4, 0.5) is 0 Å². The van der Waals surface area contributed by atoms with Crippen LogP contribution >= 0.6 is 0 Å².